The van der Waals surface area contributed by atoms with Crippen LogP contribution in [0.15, 0.2) is 30.5 Å². The molecule has 0 radical (unpaired) electrons. The average molecular weight is 186 g/mol. The monoisotopic (exact) mass is 186 g/mol. The summed E-state index contributed by atoms with van der Waals surface area (Å²) in [5.41, 5.74) is 2.63. The molecule has 0 spiro atoms. The highest BCUT2D eigenvalue weighted by molar-refractivity contribution is 5.73. The summed E-state index contributed by atoms with van der Waals surface area (Å²) in [5, 5.41) is 0. The molecule has 0 aliphatic rings. The summed E-state index contributed by atoms with van der Waals surface area (Å²) in [6.45, 7) is 2.03. The second-order valence-corrected chi connectivity index (χ2v) is 3.16. The minimum Gasteiger partial charge on any atom is -0.344 e. The second kappa shape index (κ2) is 3.46. The van der Waals surface area contributed by atoms with Crippen LogP contribution in [0.1, 0.15) is 16.1 Å². The molecule has 0 atom stereocenters. The van der Waals surface area contributed by atoms with Gasteiger partial charge in [-0.3, -0.25) is 4.79 Å². The second-order valence-electron chi connectivity index (χ2n) is 3.16. The summed E-state index contributed by atoms with van der Waals surface area (Å²) in [6, 6.07) is 7.97. The maximum absolute atomic E-state index is 10.4. The van der Waals surface area contributed by atoms with Crippen LogP contribution in [0.3, 0.4) is 0 Å². The highest BCUT2D eigenvalue weighted by Crippen LogP contribution is 2.15. The fourth-order valence-corrected chi connectivity index (χ4v) is 1.26. The van der Waals surface area contributed by atoms with Crippen LogP contribution in [0.5, 0.6) is 0 Å². The minimum absolute atomic E-state index is 0.431. The van der Waals surface area contributed by atoms with Gasteiger partial charge in [-0.05, 0) is 6.92 Å². The molecule has 0 fully saturated rings. The average Bonchev–Trinajstić information content (AvgIpc) is 2.67. The Hall–Kier alpha value is -1.90. The van der Waals surface area contributed by atoms with Gasteiger partial charge < -0.3 is 4.98 Å². The van der Waals surface area contributed by atoms with Crippen LogP contribution in [0.4, 0.5) is 0 Å². The molecular formula is C11H10N2O. The summed E-state index contributed by atoms with van der Waals surface area (Å²) in [7, 11) is 0. The largest absolute Gasteiger partial charge is 0.344 e. The quantitative estimate of drug-likeness (QED) is 0.731. The zero-order chi connectivity index (χ0) is 9.97. The lowest BCUT2D eigenvalue weighted by molar-refractivity contribution is 0.111. The van der Waals surface area contributed by atoms with E-state index in [1.165, 1.54) is 5.56 Å². The highest BCUT2D eigenvalue weighted by Gasteiger charge is 2.01. The van der Waals surface area contributed by atoms with Gasteiger partial charge in [0.05, 0.1) is 0 Å². The van der Waals surface area contributed by atoms with Crippen molar-refractivity contribution in [1.82, 2.24) is 9.97 Å². The molecule has 1 N–H and O–H groups in total. The van der Waals surface area contributed by atoms with E-state index in [0.717, 1.165) is 17.7 Å². The van der Waals surface area contributed by atoms with E-state index in [-0.39, 0.29) is 0 Å². The molecule has 3 heteroatoms. The van der Waals surface area contributed by atoms with Crippen molar-refractivity contribution in [2.75, 3.05) is 0 Å². The number of rotatable bonds is 2. The first-order valence-electron chi connectivity index (χ1n) is 4.37. The number of hydrogen-bond donors (Lipinski definition) is 1. The topological polar surface area (TPSA) is 45.8 Å². The first kappa shape index (κ1) is 8.69. The van der Waals surface area contributed by atoms with Gasteiger partial charge >= 0.3 is 0 Å². The van der Waals surface area contributed by atoms with Crippen molar-refractivity contribution in [2.45, 2.75) is 6.92 Å². The van der Waals surface area contributed by atoms with Crippen molar-refractivity contribution in [3.8, 4) is 11.4 Å². The van der Waals surface area contributed by atoms with Crippen LogP contribution < -0.4 is 0 Å². The lowest BCUT2D eigenvalue weighted by atomic mass is 10.1. The van der Waals surface area contributed by atoms with E-state index in [9.17, 15) is 4.79 Å². The molecule has 0 bridgehead atoms. The van der Waals surface area contributed by atoms with Crippen LogP contribution in [0.25, 0.3) is 11.4 Å². The minimum atomic E-state index is 0.431. The van der Waals surface area contributed by atoms with E-state index in [0.29, 0.717) is 5.69 Å². The van der Waals surface area contributed by atoms with Gasteiger partial charge in [0.2, 0.25) is 0 Å². The number of aromatic nitrogens is 2. The Bertz CT molecular complexity index is 443. The van der Waals surface area contributed by atoms with Gasteiger partial charge in [-0.15, -0.1) is 0 Å². The number of carbonyl (C=O) groups excluding carboxylic acids is 1. The molecule has 1 heterocycles. The number of H-pyrrole nitrogens is 1. The first-order chi connectivity index (χ1) is 6.79. The zero-order valence-electron chi connectivity index (χ0n) is 7.82. The molecule has 0 aliphatic carbocycles. The Balaban J connectivity index is 2.39. The van der Waals surface area contributed by atoms with Gasteiger partial charge in [0.1, 0.15) is 11.5 Å². The number of imidazole rings is 1. The number of aromatic amines is 1. The van der Waals surface area contributed by atoms with Gasteiger partial charge in [-0.2, -0.15) is 0 Å². The van der Waals surface area contributed by atoms with Crippen molar-refractivity contribution < 1.29 is 4.79 Å². The van der Waals surface area contributed by atoms with Crippen molar-refractivity contribution in [1.29, 1.82) is 0 Å². The Labute approximate surface area is 81.8 Å². The number of carbonyl (C=O) groups is 1. The van der Waals surface area contributed by atoms with Crippen LogP contribution >= 0.6 is 0 Å². The number of hydrogen-bond acceptors (Lipinski definition) is 2. The van der Waals surface area contributed by atoms with Gasteiger partial charge in [0, 0.05) is 11.8 Å². The smallest absolute Gasteiger partial charge is 0.170 e. The number of aryl methyl sites for hydroxylation is 1. The van der Waals surface area contributed by atoms with Crippen LogP contribution in [-0.4, -0.2) is 16.3 Å². The molecule has 2 rings (SSSR count). The molecule has 0 aliphatic heterocycles. The molecule has 70 valence electrons. The molecular weight excluding hydrogens is 176 g/mol. The summed E-state index contributed by atoms with van der Waals surface area (Å²) < 4.78 is 0. The first-order valence-corrected chi connectivity index (χ1v) is 4.37. The Kier molecular flexibility index (Phi) is 2.14. The van der Waals surface area contributed by atoms with Gasteiger partial charge in [-0.1, -0.05) is 29.8 Å². The van der Waals surface area contributed by atoms with E-state index in [2.05, 4.69) is 9.97 Å². The van der Waals surface area contributed by atoms with Gasteiger partial charge in [-0.25, -0.2) is 4.98 Å². The number of benzene rings is 1. The van der Waals surface area contributed by atoms with E-state index in [4.69, 9.17) is 0 Å². The molecule has 0 amide bonds. The van der Waals surface area contributed by atoms with Crippen LogP contribution in [-0.2, 0) is 0 Å². The van der Waals surface area contributed by atoms with E-state index >= 15 is 0 Å². The fraction of sp³-hybridized carbons (Fsp3) is 0.0909. The fourth-order valence-electron chi connectivity index (χ4n) is 1.26. The van der Waals surface area contributed by atoms with E-state index in [1.54, 1.807) is 6.20 Å². The lowest BCUT2D eigenvalue weighted by Crippen LogP contribution is -1.82. The maximum Gasteiger partial charge on any atom is 0.170 e. The van der Waals surface area contributed by atoms with Crippen molar-refractivity contribution in [2.24, 2.45) is 0 Å². The number of aldehydes is 1. The van der Waals surface area contributed by atoms with E-state index < -0.39 is 0 Å². The molecule has 1 aromatic heterocycles. The molecule has 0 saturated carbocycles. The molecule has 0 unspecified atom stereocenters. The number of nitrogens with one attached hydrogen (secondary N) is 1. The van der Waals surface area contributed by atoms with Crippen LogP contribution in [0, 0.1) is 6.92 Å². The summed E-state index contributed by atoms with van der Waals surface area (Å²) in [4.78, 5) is 17.5. The van der Waals surface area contributed by atoms with Crippen molar-refractivity contribution in [3.05, 3.63) is 41.7 Å². The SMILES string of the molecule is Cc1ccc(-c2nc(C=O)c[nH]2)cc1. The van der Waals surface area contributed by atoms with Crippen LogP contribution in [0.2, 0.25) is 0 Å². The maximum atomic E-state index is 10.4. The molecule has 1 aromatic carbocycles. The predicted molar refractivity (Wildman–Crippen MR) is 54.1 cm³/mol. The summed E-state index contributed by atoms with van der Waals surface area (Å²) in [5.74, 6) is 0.729. The predicted octanol–water partition coefficient (Wildman–Crippen LogP) is 2.20. The molecule has 3 nitrogen and oxygen atoms in total. The number of nitrogens with zero attached hydrogens (tertiary/aromatic N) is 1. The third kappa shape index (κ3) is 1.57. The molecule has 2 aromatic rings. The highest BCUT2D eigenvalue weighted by atomic mass is 16.1. The lowest BCUT2D eigenvalue weighted by Gasteiger charge is -1.96. The van der Waals surface area contributed by atoms with Gasteiger partial charge in [0.15, 0.2) is 6.29 Å². The molecule has 0 saturated heterocycles. The molecule has 14 heavy (non-hydrogen) atoms. The van der Waals surface area contributed by atoms with E-state index in [1.807, 2.05) is 31.2 Å². The third-order valence-corrected chi connectivity index (χ3v) is 2.04. The normalized spacial score (nSPS) is 10.1. The van der Waals surface area contributed by atoms with Gasteiger partial charge in [0.25, 0.3) is 0 Å². The third-order valence-electron chi connectivity index (χ3n) is 2.04. The standard InChI is InChI=1S/C11H10N2O/c1-8-2-4-9(5-3-8)11-12-6-10(7-14)13-11/h2-7H,1H3,(H,12,13). The van der Waals surface area contributed by atoms with Crippen molar-refractivity contribution in [3.63, 3.8) is 0 Å². The Morgan fingerprint density at radius 1 is 1.29 bits per heavy atom. The zero-order valence-corrected chi connectivity index (χ0v) is 7.82. The summed E-state index contributed by atoms with van der Waals surface area (Å²) in [6.07, 6.45) is 2.33. The Morgan fingerprint density at radius 2 is 2.00 bits per heavy atom. The summed E-state index contributed by atoms with van der Waals surface area (Å²) >= 11 is 0. The Morgan fingerprint density at radius 3 is 2.57 bits per heavy atom. The van der Waals surface area contributed by atoms with Crippen molar-refractivity contribution >= 4 is 6.29 Å².